The predicted molar refractivity (Wildman–Crippen MR) is 144 cm³/mol. The first-order valence-electron chi connectivity index (χ1n) is 12.1. The molecule has 0 aliphatic rings. The number of nitrogens with zero attached hydrogens (tertiary/aromatic N) is 3. The Bertz CT molecular complexity index is 2090. The number of aryl methyl sites for hydroxylation is 2. The Labute approximate surface area is 212 Å². The molecular weight excluding hydrogens is 461 g/mol. The van der Waals surface area contributed by atoms with Gasteiger partial charge in [-0.15, -0.1) is 0 Å². The van der Waals surface area contributed by atoms with Crippen molar-refractivity contribution >= 4 is 43.7 Å². The third-order valence-corrected chi connectivity index (χ3v) is 7.29. The molecule has 4 nitrogen and oxygen atoms in total. The quantitative estimate of drug-likeness (QED) is 0.240. The third-order valence-electron chi connectivity index (χ3n) is 7.29. The molecule has 0 saturated carbocycles. The second kappa shape index (κ2) is 7.78. The minimum absolute atomic E-state index is 0.294. The Morgan fingerprint density at radius 1 is 0.811 bits per heavy atom. The van der Waals surface area contributed by atoms with Crippen LogP contribution < -0.4 is 4.57 Å². The van der Waals surface area contributed by atoms with E-state index in [0.717, 1.165) is 44.1 Å². The van der Waals surface area contributed by atoms with E-state index in [-0.39, 0.29) is 5.82 Å². The van der Waals surface area contributed by atoms with Crippen LogP contribution in [0.5, 0.6) is 0 Å². The molecule has 0 unspecified atom stereocenters. The molecule has 0 amide bonds. The van der Waals surface area contributed by atoms with Crippen LogP contribution in [0.3, 0.4) is 0 Å². The molecule has 5 heteroatoms. The number of pyridine rings is 1. The van der Waals surface area contributed by atoms with Crippen LogP contribution in [0.2, 0.25) is 0 Å². The van der Waals surface area contributed by atoms with Gasteiger partial charge in [0, 0.05) is 33.7 Å². The molecular formula is C32H21FN3O+. The molecule has 0 bridgehead atoms. The Kier molecular flexibility index (Phi) is 4.49. The van der Waals surface area contributed by atoms with Crippen molar-refractivity contribution in [1.82, 2.24) is 4.57 Å². The number of rotatable bonds is 2. The number of para-hydroxylation sites is 1. The van der Waals surface area contributed by atoms with E-state index < -0.39 is 0 Å². The summed E-state index contributed by atoms with van der Waals surface area (Å²) in [5.41, 5.74) is 7.09. The summed E-state index contributed by atoms with van der Waals surface area (Å²) in [6.07, 6.45) is 2.02. The minimum Gasteiger partial charge on any atom is -0.453 e. The lowest BCUT2D eigenvalue weighted by atomic mass is 10.00. The average molecular weight is 483 g/mol. The molecule has 3 heterocycles. The fraction of sp³-hybridized carbons (Fsp3) is 0.0625. The van der Waals surface area contributed by atoms with Gasteiger partial charge in [0.1, 0.15) is 30.2 Å². The van der Waals surface area contributed by atoms with Crippen LogP contribution in [0, 0.1) is 24.1 Å². The summed E-state index contributed by atoms with van der Waals surface area (Å²) in [6, 6.07) is 29.2. The first-order valence-corrected chi connectivity index (χ1v) is 12.1. The monoisotopic (exact) mass is 482 g/mol. The summed E-state index contributed by atoms with van der Waals surface area (Å²) in [5, 5.41) is 13.4. The molecule has 0 radical (unpaired) electrons. The lowest BCUT2D eigenvalue weighted by Gasteiger charge is -2.10. The fourth-order valence-corrected chi connectivity index (χ4v) is 5.62. The van der Waals surface area contributed by atoms with E-state index in [1.54, 1.807) is 6.07 Å². The summed E-state index contributed by atoms with van der Waals surface area (Å²) < 4.78 is 25.9. The molecule has 0 saturated heterocycles. The number of fused-ring (bicyclic) bond motifs is 6. The van der Waals surface area contributed by atoms with E-state index in [0.29, 0.717) is 27.7 Å². The van der Waals surface area contributed by atoms with Gasteiger partial charge in [0.05, 0.1) is 22.2 Å². The van der Waals surface area contributed by atoms with Gasteiger partial charge in [-0.1, -0.05) is 36.4 Å². The zero-order valence-electron chi connectivity index (χ0n) is 20.3. The van der Waals surface area contributed by atoms with E-state index in [1.165, 1.54) is 6.07 Å². The maximum absolute atomic E-state index is 15.1. The molecule has 0 aliphatic heterocycles. The highest BCUT2D eigenvalue weighted by molar-refractivity contribution is 6.15. The first-order chi connectivity index (χ1) is 18.1. The van der Waals surface area contributed by atoms with Crippen LogP contribution in [-0.4, -0.2) is 4.57 Å². The summed E-state index contributed by atoms with van der Waals surface area (Å²) in [4.78, 5) is 0. The molecule has 3 aromatic heterocycles. The highest BCUT2D eigenvalue weighted by Gasteiger charge is 2.25. The van der Waals surface area contributed by atoms with Gasteiger partial charge >= 0.3 is 0 Å². The number of hydrogen-bond acceptors (Lipinski definition) is 2. The van der Waals surface area contributed by atoms with E-state index >= 15 is 4.39 Å². The van der Waals surface area contributed by atoms with Crippen molar-refractivity contribution in [3.63, 3.8) is 0 Å². The van der Waals surface area contributed by atoms with Gasteiger partial charge < -0.3 is 8.98 Å². The van der Waals surface area contributed by atoms with Crippen LogP contribution in [-0.2, 0) is 7.05 Å². The van der Waals surface area contributed by atoms with Crippen LogP contribution >= 0.6 is 0 Å². The fourth-order valence-electron chi connectivity index (χ4n) is 5.62. The van der Waals surface area contributed by atoms with Gasteiger partial charge in [0.25, 0.3) is 0 Å². The van der Waals surface area contributed by atoms with Crippen LogP contribution in [0.15, 0.2) is 95.5 Å². The van der Waals surface area contributed by atoms with Gasteiger partial charge in [-0.3, -0.25) is 0 Å². The molecule has 7 aromatic rings. The predicted octanol–water partition coefficient (Wildman–Crippen LogP) is 7.49. The van der Waals surface area contributed by atoms with Crippen molar-refractivity contribution in [2.45, 2.75) is 6.92 Å². The van der Waals surface area contributed by atoms with Crippen molar-refractivity contribution in [1.29, 1.82) is 5.26 Å². The molecule has 0 fully saturated rings. The van der Waals surface area contributed by atoms with Gasteiger partial charge in [-0.25, -0.2) is 8.96 Å². The molecule has 0 spiro atoms. The maximum atomic E-state index is 15.1. The Hall–Kier alpha value is -4.95. The molecule has 4 aromatic carbocycles. The zero-order chi connectivity index (χ0) is 25.3. The largest absolute Gasteiger partial charge is 0.453 e. The summed E-state index contributed by atoms with van der Waals surface area (Å²) in [5.74, 6) is -0.294. The number of hydrogen-bond donors (Lipinski definition) is 0. The van der Waals surface area contributed by atoms with E-state index in [9.17, 15) is 5.26 Å². The molecule has 176 valence electrons. The normalized spacial score (nSPS) is 11.6. The van der Waals surface area contributed by atoms with Crippen molar-refractivity contribution in [2.24, 2.45) is 7.05 Å². The van der Waals surface area contributed by atoms with E-state index in [4.69, 9.17) is 4.42 Å². The number of aromatic nitrogens is 2. The first kappa shape index (κ1) is 21.3. The average Bonchev–Trinajstić information content (AvgIpc) is 3.45. The molecule has 0 aliphatic carbocycles. The second-order valence-corrected chi connectivity index (χ2v) is 9.37. The third kappa shape index (κ3) is 2.90. The van der Waals surface area contributed by atoms with Crippen LogP contribution in [0.4, 0.5) is 4.39 Å². The van der Waals surface area contributed by atoms with Gasteiger partial charge in [0.2, 0.25) is 5.69 Å². The Morgan fingerprint density at radius 2 is 1.57 bits per heavy atom. The minimum atomic E-state index is -0.294. The molecule has 7 rings (SSSR count). The van der Waals surface area contributed by atoms with Crippen LogP contribution in [0.1, 0.15) is 11.1 Å². The number of halogens is 1. The Morgan fingerprint density at radius 3 is 2.41 bits per heavy atom. The SMILES string of the molecule is Cc1ccc2c(oc3c(-n4c5ccccc5c5c(F)cccc54)c(C#N)ccc32)c1-c1cccc[n+]1C. The van der Waals surface area contributed by atoms with Gasteiger partial charge in [-0.05, 0) is 48.9 Å². The lowest BCUT2D eigenvalue weighted by Crippen LogP contribution is -2.30. The number of benzene rings is 4. The van der Waals surface area contributed by atoms with E-state index in [2.05, 4.69) is 35.8 Å². The molecule has 37 heavy (non-hydrogen) atoms. The van der Waals surface area contributed by atoms with Crippen molar-refractivity contribution < 1.29 is 13.4 Å². The zero-order valence-corrected chi connectivity index (χ0v) is 20.3. The highest BCUT2D eigenvalue weighted by Crippen LogP contribution is 2.42. The Balaban J connectivity index is 1.68. The van der Waals surface area contributed by atoms with Gasteiger partial charge in [0.15, 0.2) is 11.8 Å². The van der Waals surface area contributed by atoms with Gasteiger partial charge in [-0.2, -0.15) is 5.26 Å². The molecule has 0 N–H and O–H groups in total. The lowest BCUT2D eigenvalue weighted by molar-refractivity contribution is -0.660. The number of nitriles is 1. The summed E-state index contributed by atoms with van der Waals surface area (Å²) >= 11 is 0. The molecule has 0 atom stereocenters. The van der Waals surface area contributed by atoms with Crippen LogP contribution in [0.25, 0.3) is 60.7 Å². The topological polar surface area (TPSA) is 45.7 Å². The standard InChI is InChI=1S/C32H21FN3O/c1-19-13-15-21-22-16-14-20(18-34)30(32(22)37-31(21)28(19)26-11-5-6-17-35(26)2)36-25-10-4-3-8-23(25)29-24(33)9-7-12-27(29)36/h3-17H,1-2H3/q+1. The van der Waals surface area contributed by atoms with Crippen molar-refractivity contribution in [3.8, 4) is 23.0 Å². The smallest absolute Gasteiger partial charge is 0.216 e. The highest BCUT2D eigenvalue weighted by atomic mass is 19.1. The van der Waals surface area contributed by atoms with Crippen molar-refractivity contribution in [3.05, 3.63) is 108 Å². The summed E-state index contributed by atoms with van der Waals surface area (Å²) in [6.45, 7) is 2.08. The number of furan rings is 1. The van der Waals surface area contributed by atoms with Crippen molar-refractivity contribution in [2.75, 3.05) is 0 Å². The second-order valence-electron chi connectivity index (χ2n) is 9.37. The summed E-state index contributed by atoms with van der Waals surface area (Å²) in [7, 11) is 2.02. The van der Waals surface area contributed by atoms with E-state index in [1.807, 2.05) is 72.4 Å². The maximum Gasteiger partial charge on any atom is 0.216 e.